The molecular formula is C27H27N5O3. The number of aryl methyl sites for hydroxylation is 1. The number of carbonyl (C=O) groups excluding carboxylic acids is 1. The Hall–Kier alpha value is -4.20. The van der Waals surface area contributed by atoms with Crippen LogP contribution < -0.4 is 5.32 Å². The summed E-state index contributed by atoms with van der Waals surface area (Å²) < 4.78 is 1.42. The molecule has 5 rings (SSSR count). The molecule has 35 heavy (non-hydrogen) atoms. The minimum absolute atomic E-state index is 0.00851. The minimum Gasteiger partial charge on any atom is -0.477 e. The number of hydrogen-bond acceptors (Lipinski definition) is 5. The second-order valence-corrected chi connectivity index (χ2v) is 8.88. The SMILES string of the molecule is Cc1ccccc1C1CCN(C(=O)c2cnc3c(C(=O)O)cnn3c2NCc2ccccc2)CC1. The molecule has 8 nitrogen and oxygen atoms in total. The Morgan fingerprint density at radius 2 is 1.71 bits per heavy atom. The third-order valence-electron chi connectivity index (χ3n) is 6.70. The van der Waals surface area contributed by atoms with Gasteiger partial charge in [0, 0.05) is 25.8 Å². The van der Waals surface area contributed by atoms with Crippen molar-refractivity contribution >= 4 is 23.3 Å². The van der Waals surface area contributed by atoms with Crippen molar-refractivity contribution in [2.75, 3.05) is 18.4 Å². The number of nitrogens with one attached hydrogen (secondary N) is 1. The fourth-order valence-electron chi connectivity index (χ4n) is 4.80. The molecule has 0 aliphatic carbocycles. The Balaban J connectivity index is 1.42. The van der Waals surface area contributed by atoms with Crippen LogP contribution in [-0.2, 0) is 6.54 Å². The molecule has 2 N–H and O–H groups in total. The fourth-order valence-corrected chi connectivity index (χ4v) is 4.80. The second-order valence-electron chi connectivity index (χ2n) is 8.88. The molecule has 4 aromatic rings. The van der Waals surface area contributed by atoms with Crippen LogP contribution in [0.1, 0.15) is 56.2 Å². The summed E-state index contributed by atoms with van der Waals surface area (Å²) in [6.45, 7) is 3.88. The van der Waals surface area contributed by atoms with Crippen LogP contribution in [0.3, 0.4) is 0 Å². The largest absolute Gasteiger partial charge is 0.477 e. The van der Waals surface area contributed by atoms with Gasteiger partial charge < -0.3 is 15.3 Å². The third-order valence-corrected chi connectivity index (χ3v) is 6.70. The van der Waals surface area contributed by atoms with E-state index in [2.05, 4.69) is 46.6 Å². The van der Waals surface area contributed by atoms with Gasteiger partial charge in [0.05, 0.1) is 6.20 Å². The maximum atomic E-state index is 13.6. The molecule has 8 heteroatoms. The summed E-state index contributed by atoms with van der Waals surface area (Å²) in [5.74, 6) is -0.373. The smallest absolute Gasteiger partial charge is 0.341 e. The molecule has 0 unspecified atom stereocenters. The van der Waals surface area contributed by atoms with Gasteiger partial charge in [-0.3, -0.25) is 4.79 Å². The predicted octanol–water partition coefficient (Wildman–Crippen LogP) is 4.37. The Labute approximate surface area is 203 Å². The summed E-state index contributed by atoms with van der Waals surface area (Å²) in [4.78, 5) is 31.4. The number of hydrogen-bond donors (Lipinski definition) is 2. The summed E-state index contributed by atoms with van der Waals surface area (Å²) >= 11 is 0. The Bertz CT molecular complexity index is 1370. The molecule has 2 aromatic carbocycles. The lowest BCUT2D eigenvalue weighted by Gasteiger charge is -2.33. The number of aromatic carboxylic acids is 1. The lowest BCUT2D eigenvalue weighted by molar-refractivity contribution is 0.0695. The minimum atomic E-state index is -1.11. The molecular weight excluding hydrogens is 442 g/mol. The Kier molecular flexibility index (Phi) is 6.18. The normalized spacial score (nSPS) is 14.3. The highest BCUT2D eigenvalue weighted by Gasteiger charge is 2.28. The molecule has 1 aliphatic heterocycles. The van der Waals surface area contributed by atoms with Crippen molar-refractivity contribution in [1.82, 2.24) is 19.5 Å². The van der Waals surface area contributed by atoms with E-state index in [1.54, 1.807) is 0 Å². The zero-order chi connectivity index (χ0) is 24.4. The summed E-state index contributed by atoms with van der Waals surface area (Å²) in [7, 11) is 0. The summed E-state index contributed by atoms with van der Waals surface area (Å²) in [6.07, 6.45) is 4.51. The maximum absolute atomic E-state index is 13.6. The number of likely N-dealkylation sites (tertiary alicyclic amines) is 1. The summed E-state index contributed by atoms with van der Waals surface area (Å²) in [6, 6.07) is 18.2. The van der Waals surface area contributed by atoms with Crippen molar-refractivity contribution in [3.05, 3.63) is 94.8 Å². The van der Waals surface area contributed by atoms with Gasteiger partial charge in [-0.05, 0) is 42.4 Å². The first-order chi connectivity index (χ1) is 17.0. The van der Waals surface area contributed by atoms with E-state index in [-0.39, 0.29) is 17.1 Å². The number of anilines is 1. The number of nitrogens with zero attached hydrogens (tertiary/aromatic N) is 4. The first-order valence-electron chi connectivity index (χ1n) is 11.8. The van der Waals surface area contributed by atoms with Gasteiger partial charge in [-0.15, -0.1) is 0 Å². The van der Waals surface area contributed by atoms with Crippen molar-refractivity contribution in [1.29, 1.82) is 0 Å². The molecule has 0 atom stereocenters. The van der Waals surface area contributed by atoms with E-state index >= 15 is 0 Å². The maximum Gasteiger partial charge on any atom is 0.341 e. The van der Waals surface area contributed by atoms with Gasteiger partial charge >= 0.3 is 5.97 Å². The van der Waals surface area contributed by atoms with Crippen LogP contribution in [0.4, 0.5) is 5.82 Å². The van der Waals surface area contributed by atoms with E-state index in [0.717, 1.165) is 18.4 Å². The van der Waals surface area contributed by atoms with Crippen LogP contribution in [0.5, 0.6) is 0 Å². The first kappa shape index (κ1) is 22.6. The van der Waals surface area contributed by atoms with Crippen LogP contribution in [-0.4, -0.2) is 49.6 Å². The summed E-state index contributed by atoms with van der Waals surface area (Å²) in [5, 5.41) is 17.1. The Morgan fingerprint density at radius 3 is 2.43 bits per heavy atom. The van der Waals surface area contributed by atoms with Gasteiger partial charge in [-0.2, -0.15) is 9.61 Å². The molecule has 0 saturated carbocycles. The van der Waals surface area contributed by atoms with Crippen molar-refractivity contribution in [2.45, 2.75) is 32.2 Å². The van der Waals surface area contributed by atoms with E-state index in [9.17, 15) is 14.7 Å². The topological polar surface area (TPSA) is 99.8 Å². The van der Waals surface area contributed by atoms with Crippen LogP contribution >= 0.6 is 0 Å². The van der Waals surface area contributed by atoms with E-state index in [4.69, 9.17) is 0 Å². The average Bonchev–Trinajstić information content (AvgIpc) is 3.33. The zero-order valence-corrected chi connectivity index (χ0v) is 19.5. The number of fused-ring (bicyclic) bond motifs is 1. The van der Waals surface area contributed by atoms with E-state index in [1.807, 2.05) is 35.2 Å². The number of carboxylic acids is 1. The van der Waals surface area contributed by atoms with Gasteiger partial charge in [0.25, 0.3) is 5.91 Å². The van der Waals surface area contributed by atoms with Crippen molar-refractivity contribution in [2.24, 2.45) is 0 Å². The van der Waals surface area contributed by atoms with E-state index < -0.39 is 5.97 Å². The lowest BCUT2D eigenvalue weighted by Crippen LogP contribution is -2.38. The quantitative estimate of drug-likeness (QED) is 0.435. The number of aromatic nitrogens is 3. The molecule has 0 spiro atoms. The highest BCUT2D eigenvalue weighted by atomic mass is 16.4. The van der Waals surface area contributed by atoms with Crippen molar-refractivity contribution < 1.29 is 14.7 Å². The third kappa shape index (κ3) is 4.47. The van der Waals surface area contributed by atoms with Crippen LogP contribution in [0.2, 0.25) is 0 Å². The fraction of sp³-hybridized carbons (Fsp3) is 0.259. The standard InChI is InChI=1S/C27H27N5O3/c1-18-7-5-6-10-21(18)20-11-13-31(14-12-20)26(33)22-16-29-25-23(27(34)35)17-30-32(25)24(22)28-15-19-8-3-2-4-9-19/h2-10,16-17,20,28H,11-15H2,1H3,(H,34,35). The molecule has 3 heterocycles. The van der Waals surface area contributed by atoms with Gasteiger partial charge in [-0.25, -0.2) is 9.78 Å². The first-order valence-corrected chi connectivity index (χ1v) is 11.8. The number of rotatable bonds is 6. The van der Waals surface area contributed by atoms with Gasteiger partial charge in [0.2, 0.25) is 0 Å². The predicted molar refractivity (Wildman–Crippen MR) is 133 cm³/mol. The van der Waals surface area contributed by atoms with Crippen LogP contribution in [0, 0.1) is 6.92 Å². The van der Waals surface area contributed by atoms with Gasteiger partial charge in [0.15, 0.2) is 5.65 Å². The molecule has 0 radical (unpaired) electrons. The average molecular weight is 470 g/mol. The highest BCUT2D eigenvalue weighted by Crippen LogP contribution is 2.31. The van der Waals surface area contributed by atoms with E-state index in [1.165, 1.54) is 28.0 Å². The molecule has 1 amide bonds. The number of carboxylic acid groups (broad SMARTS) is 1. The number of benzene rings is 2. The molecule has 1 fully saturated rings. The van der Waals surface area contributed by atoms with Gasteiger partial charge in [-0.1, -0.05) is 54.6 Å². The lowest BCUT2D eigenvalue weighted by atomic mass is 9.87. The molecule has 2 aromatic heterocycles. The molecule has 0 bridgehead atoms. The number of amides is 1. The molecule has 1 saturated heterocycles. The van der Waals surface area contributed by atoms with Crippen molar-refractivity contribution in [3.8, 4) is 0 Å². The number of piperidine rings is 1. The molecule has 1 aliphatic rings. The van der Waals surface area contributed by atoms with Crippen LogP contribution in [0.25, 0.3) is 5.65 Å². The van der Waals surface area contributed by atoms with Crippen LogP contribution in [0.15, 0.2) is 67.0 Å². The monoisotopic (exact) mass is 469 g/mol. The number of carbonyl (C=O) groups is 2. The van der Waals surface area contributed by atoms with Gasteiger partial charge in [0.1, 0.15) is 16.9 Å². The molecule has 178 valence electrons. The Morgan fingerprint density at radius 1 is 1.00 bits per heavy atom. The van der Waals surface area contributed by atoms with E-state index in [0.29, 0.717) is 36.9 Å². The summed E-state index contributed by atoms with van der Waals surface area (Å²) in [5.41, 5.74) is 4.23. The highest BCUT2D eigenvalue weighted by molar-refractivity contribution is 6.00. The zero-order valence-electron chi connectivity index (χ0n) is 19.5. The van der Waals surface area contributed by atoms with Crippen molar-refractivity contribution in [3.63, 3.8) is 0 Å². The second kappa shape index (κ2) is 9.58.